The van der Waals surface area contributed by atoms with E-state index in [0.717, 1.165) is 25.8 Å². The Morgan fingerprint density at radius 1 is 1.21 bits per heavy atom. The summed E-state index contributed by atoms with van der Waals surface area (Å²) in [5.41, 5.74) is 0.119. The Kier molecular flexibility index (Phi) is 4.02. The van der Waals surface area contributed by atoms with Crippen LogP contribution in [0.25, 0.3) is 0 Å². The molecule has 0 aromatic carbocycles. The molecule has 1 aromatic heterocycles. The number of nitrogens with zero attached hydrogens (tertiary/aromatic N) is 4. The Morgan fingerprint density at radius 2 is 2.00 bits per heavy atom. The van der Waals surface area contributed by atoms with Crippen LogP contribution < -0.4 is 4.90 Å². The highest BCUT2D eigenvalue weighted by Gasteiger charge is 2.42. The van der Waals surface area contributed by atoms with Crippen LogP contribution in [0.4, 0.5) is 9.52 Å². The first kappa shape index (κ1) is 15.9. The van der Waals surface area contributed by atoms with Gasteiger partial charge in [-0.2, -0.15) is 0 Å². The quantitative estimate of drug-likeness (QED) is 0.815. The number of amides is 1. The highest BCUT2D eigenvalue weighted by Crippen LogP contribution is 2.43. The molecule has 130 valence electrons. The lowest BCUT2D eigenvalue weighted by molar-refractivity contribution is -0.122. The molecule has 2 saturated heterocycles. The van der Waals surface area contributed by atoms with Gasteiger partial charge in [-0.15, -0.1) is 10.2 Å². The molecule has 3 fully saturated rings. The second-order valence-electron chi connectivity index (χ2n) is 7.24. The first-order valence-electron chi connectivity index (χ1n) is 8.58. The maximum atomic E-state index is 13.3. The van der Waals surface area contributed by atoms with Crippen molar-refractivity contribution in [3.05, 3.63) is 5.01 Å². The van der Waals surface area contributed by atoms with Gasteiger partial charge < -0.3 is 9.80 Å². The smallest absolute Gasteiger partial charge is 0.284 e. The van der Waals surface area contributed by atoms with Gasteiger partial charge >= 0.3 is 0 Å². The van der Waals surface area contributed by atoms with E-state index in [1.807, 2.05) is 9.80 Å². The second kappa shape index (κ2) is 6.06. The van der Waals surface area contributed by atoms with Crippen LogP contribution in [-0.4, -0.2) is 59.1 Å². The fraction of sp³-hybridized carbons (Fsp3) is 0.750. The van der Waals surface area contributed by atoms with E-state index in [2.05, 4.69) is 10.2 Å². The molecule has 8 heteroatoms. The van der Waals surface area contributed by atoms with Gasteiger partial charge in [-0.3, -0.25) is 9.59 Å². The fourth-order valence-electron chi connectivity index (χ4n) is 4.03. The van der Waals surface area contributed by atoms with Gasteiger partial charge in [-0.1, -0.05) is 11.3 Å². The molecule has 1 amide bonds. The summed E-state index contributed by atoms with van der Waals surface area (Å²) in [6, 6.07) is 0. The molecule has 3 heterocycles. The van der Waals surface area contributed by atoms with Gasteiger partial charge in [0.1, 0.15) is 12.0 Å². The van der Waals surface area contributed by atoms with Crippen LogP contribution in [0.1, 0.15) is 48.3 Å². The lowest BCUT2D eigenvalue weighted by Gasteiger charge is -2.32. The molecule has 1 aliphatic carbocycles. The molecule has 6 nitrogen and oxygen atoms in total. The molecule has 0 radical (unpaired) electrons. The van der Waals surface area contributed by atoms with Crippen molar-refractivity contribution in [3.63, 3.8) is 0 Å². The Balaban J connectivity index is 1.41. The molecule has 24 heavy (non-hydrogen) atoms. The van der Waals surface area contributed by atoms with Gasteiger partial charge in [-0.25, -0.2) is 4.39 Å². The lowest BCUT2D eigenvalue weighted by Crippen LogP contribution is -2.34. The van der Waals surface area contributed by atoms with Crippen molar-refractivity contribution in [1.29, 1.82) is 0 Å². The third-order valence-electron chi connectivity index (χ3n) is 5.59. The summed E-state index contributed by atoms with van der Waals surface area (Å²) in [7, 11) is 0. The molecule has 0 bridgehead atoms. The fourth-order valence-corrected chi connectivity index (χ4v) is 4.88. The van der Waals surface area contributed by atoms with E-state index in [-0.39, 0.29) is 11.3 Å². The summed E-state index contributed by atoms with van der Waals surface area (Å²) in [5, 5.41) is 9.13. The number of anilines is 1. The Labute approximate surface area is 144 Å². The number of hydrogen-bond donors (Lipinski definition) is 0. The number of carbonyl (C=O) groups excluding carboxylic acids is 2. The second-order valence-corrected chi connectivity index (χ2v) is 8.19. The SMILES string of the molecule is O=C1CCC2(CC1)CCN(C(=O)c1nnc(N3CC[C@H](F)C3)s1)C2. The molecule has 1 atom stereocenters. The van der Waals surface area contributed by atoms with Gasteiger partial charge in [0, 0.05) is 32.5 Å². The molecule has 1 saturated carbocycles. The topological polar surface area (TPSA) is 66.4 Å². The van der Waals surface area contributed by atoms with Gasteiger partial charge in [0.05, 0.1) is 6.54 Å². The summed E-state index contributed by atoms with van der Waals surface area (Å²) in [6.45, 7) is 2.40. The van der Waals surface area contributed by atoms with Gasteiger partial charge in [0.15, 0.2) is 0 Å². The first-order valence-corrected chi connectivity index (χ1v) is 9.40. The number of hydrogen-bond acceptors (Lipinski definition) is 6. The number of likely N-dealkylation sites (tertiary alicyclic amines) is 1. The van der Waals surface area contributed by atoms with Crippen molar-refractivity contribution in [2.45, 2.75) is 44.7 Å². The highest BCUT2D eigenvalue weighted by molar-refractivity contribution is 7.17. The summed E-state index contributed by atoms with van der Waals surface area (Å²) in [6.07, 6.45) is 3.73. The minimum Gasteiger partial charge on any atom is -0.344 e. The van der Waals surface area contributed by atoms with Crippen LogP contribution in [0, 0.1) is 5.41 Å². The van der Waals surface area contributed by atoms with Crippen molar-refractivity contribution < 1.29 is 14.0 Å². The third kappa shape index (κ3) is 2.92. The van der Waals surface area contributed by atoms with E-state index in [0.29, 0.717) is 54.8 Å². The first-order chi connectivity index (χ1) is 11.5. The molecule has 0 unspecified atom stereocenters. The Hall–Kier alpha value is -1.57. The monoisotopic (exact) mass is 352 g/mol. The minimum atomic E-state index is -0.819. The lowest BCUT2D eigenvalue weighted by atomic mass is 9.73. The predicted octanol–water partition coefficient (Wildman–Crippen LogP) is 2.06. The number of alkyl halides is 1. The summed E-state index contributed by atoms with van der Waals surface area (Å²) in [5.74, 6) is 0.263. The summed E-state index contributed by atoms with van der Waals surface area (Å²) >= 11 is 1.25. The zero-order chi connectivity index (χ0) is 16.7. The number of rotatable bonds is 2. The number of ketones is 1. The average Bonchev–Trinajstić information content (AvgIpc) is 3.30. The molecule has 0 N–H and O–H groups in total. The van der Waals surface area contributed by atoms with Crippen LogP contribution in [0.3, 0.4) is 0 Å². The maximum Gasteiger partial charge on any atom is 0.284 e. The van der Waals surface area contributed by atoms with E-state index < -0.39 is 6.17 Å². The van der Waals surface area contributed by atoms with Crippen molar-refractivity contribution >= 4 is 28.2 Å². The summed E-state index contributed by atoms with van der Waals surface area (Å²) in [4.78, 5) is 27.9. The highest BCUT2D eigenvalue weighted by atomic mass is 32.1. The molecular formula is C16H21FN4O2S. The van der Waals surface area contributed by atoms with E-state index in [9.17, 15) is 14.0 Å². The van der Waals surface area contributed by atoms with Crippen LogP contribution in [0.2, 0.25) is 0 Å². The van der Waals surface area contributed by atoms with Crippen molar-refractivity contribution in [1.82, 2.24) is 15.1 Å². The number of halogens is 1. The number of carbonyl (C=O) groups is 2. The minimum absolute atomic E-state index is 0.0801. The summed E-state index contributed by atoms with van der Waals surface area (Å²) < 4.78 is 13.3. The van der Waals surface area contributed by atoms with E-state index >= 15 is 0 Å². The average molecular weight is 352 g/mol. The zero-order valence-corrected chi connectivity index (χ0v) is 14.4. The Morgan fingerprint density at radius 3 is 2.71 bits per heavy atom. The zero-order valence-electron chi connectivity index (χ0n) is 13.5. The van der Waals surface area contributed by atoms with Gasteiger partial charge in [0.2, 0.25) is 10.1 Å². The third-order valence-corrected chi connectivity index (χ3v) is 6.56. The van der Waals surface area contributed by atoms with Gasteiger partial charge in [-0.05, 0) is 31.1 Å². The van der Waals surface area contributed by atoms with Crippen molar-refractivity contribution in [2.75, 3.05) is 31.1 Å². The molecule has 2 aliphatic heterocycles. The maximum absolute atomic E-state index is 13.3. The standard InChI is InChI=1S/C16H21FN4O2S/c17-11-3-7-20(9-11)15-19-18-13(24-15)14(23)21-8-6-16(10-21)4-1-12(22)2-5-16/h11H,1-10H2/t11-/m0/s1. The molecule has 3 aliphatic rings. The number of Topliss-reactive ketones (excluding diaryl/α,β-unsaturated/α-hetero) is 1. The normalized spacial score (nSPS) is 26.5. The molecule has 1 spiro atoms. The number of aromatic nitrogens is 2. The van der Waals surface area contributed by atoms with E-state index in [4.69, 9.17) is 0 Å². The molecule has 1 aromatic rings. The van der Waals surface area contributed by atoms with Crippen molar-refractivity contribution in [2.24, 2.45) is 5.41 Å². The molecule has 4 rings (SSSR count). The van der Waals surface area contributed by atoms with Crippen molar-refractivity contribution in [3.8, 4) is 0 Å². The van der Waals surface area contributed by atoms with Crippen LogP contribution in [0.15, 0.2) is 0 Å². The van der Waals surface area contributed by atoms with E-state index in [1.54, 1.807) is 0 Å². The predicted molar refractivity (Wildman–Crippen MR) is 88.1 cm³/mol. The molecular weight excluding hydrogens is 331 g/mol. The Bertz CT molecular complexity index is 654. The van der Waals surface area contributed by atoms with Crippen LogP contribution in [-0.2, 0) is 4.79 Å². The largest absolute Gasteiger partial charge is 0.344 e. The van der Waals surface area contributed by atoms with Gasteiger partial charge in [0.25, 0.3) is 5.91 Å². The van der Waals surface area contributed by atoms with Crippen LogP contribution in [0.5, 0.6) is 0 Å². The van der Waals surface area contributed by atoms with E-state index in [1.165, 1.54) is 11.3 Å². The van der Waals surface area contributed by atoms with Crippen LogP contribution >= 0.6 is 11.3 Å².